The van der Waals surface area contributed by atoms with E-state index in [2.05, 4.69) is 15.5 Å². The zero-order valence-electron chi connectivity index (χ0n) is 14.3. The Morgan fingerprint density at radius 3 is 2.64 bits per heavy atom. The lowest BCUT2D eigenvalue weighted by molar-refractivity contribution is -0.114. The lowest BCUT2D eigenvalue weighted by atomic mass is 9.89. The molecule has 7 heteroatoms. The monoisotopic (exact) mass is 344 g/mol. The molecule has 2 aromatic rings. The zero-order chi connectivity index (χ0) is 18.0. The van der Waals surface area contributed by atoms with Crippen LogP contribution in [0.3, 0.4) is 0 Å². The summed E-state index contributed by atoms with van der Waals surface area (Å²) in [4.78, 5) is 25.9. The second-order valence-electron chi connectivity index (χ2n) is 6.39. The van der Waals surface area contributed by atoms with Crippen molar-refractivity contribution in [3.05, 3.63) is 47.0 Å². The number of carbonyl (C=O) groups excluding carboxylic acids is 2. The van der Waals surface area contributed by atoms with Crippen molar-refractivity contribution in [2.75, 3.05) is 18.4 Å². The second kappa shape index (κ2) is 7.04. The Balaban J connectivity index is 1.73. The van der Waals surface area contributed by atoms with Crippen LogP contribution in [0.25, 0.3) is 0 Å². The number of nitrogens with one attached hydrogen (secondary N) is 2. The van der Waals surface area contributed by atoms with Gasteiger partial charge in [0.05, 0.1) is 17.4 Å². The van der Waals surface area contributed by atoms with E-state index < -0.39 is 5.82 Å². The van der Waals surface area contributed by atoms with E-state index in [0.717, 1.165) is 18.5 Å². The van der Waals surface area contributed by atoms with Crippen LogP contribution in [0.1, 0.15) is 47.3 Å². The SMILES string of the molecule is CC(=O)Nc1cc(F)ccc1C(=O)N1CCC(c2cn[nH]c2C)CC1. The minimum Gasteiger partial charge on any atom is -0.339 e. The summed E-state index contributed by atoms with van der Waals surface area (Å²) < 4.78 is 13.5. The molecule has 0 aliphatic carbocycles. The average Bonchev–Trinajstić information content (AvgIpc) is 3.00. The number of nitrogens with zero attached hydrogens (tertiary/aromatic N) is 2. The van der Waals surface area contributed by atoms with Crippen molar-refractivity contribution in [3.8, 4) is 0 Å². The van der Waals surface area contributed by atoms with E-state index in [4.69, 9.17) is 0 Å². The average molecular weight is 344 g/mol. The number of piperidine rings is 1. The second-order valence-corrected chi connectivity index (χ2v) is 6.39. The first kappa shape index (κ1) is 17.1. The standard InChI is InChI=1S/C18H21FN4O2/c1-11-16(10-20-22-11)13-5-7-23(8-6-13)18(25)15-4-3-14(19)9-17(15)21-12(2)24/h3-4,9-10,13H,5-8H2,1-2H3,(H,20,22)(H,21,24). The normalized spacial score (nSPS) is 15.2. The molecule has 1 aromatic carbocycles. The van der Waals surface area contributed by atoms with Crippen LogP contribution in [0.5, 0.6) is 0 Å². The molecule has 1 aromatic heterocycles. The molecule has 6 nitrogen and oxygen atoms in total. The van der Waals surface area contributed by atoms with Crippen LogP contribution in [-0.2, 0) is 4.79 Å². The Hall–Kier alpha value is -2.70. The van der Waals surface area contributed by atoms with E-state index in [0.29, 0.717) is 24.6 Å². The van der Waals surface area contributed by atoms with Gasteiger partial charge in [-0.25, -0.2) is 4.39 Å². The molecule has 0 atom stereocenters. The van der Waals surface area contributed by atoms with Gasteiger partial charge in [0.25, 0.3) is 5.91 Å². The van der Waals surface area contributed by atoms with E-state index in [1.165, 1.54) is 30.7 Å². The largest absolute Gasteiger partial charge is 0.339 e. The first-order chi connectivity index (χ1) is 12.0. The molecule has 1 fully saturated rings. The number of hydrogen-bond acceptors (Lipinski definition) is 3. The topological polar surface area (TPSA) is 78.1 Å². The van der Waals surface area contributed by atoms with Crippen molar-refractivity contribution >= 4 is 17.5 Å². The third-order valence-corrected chi connectivity index (χ3v) is 4.61. The highest BCUT2D eigenvalue weighted by Crippen LogP contribution is 2.30. The number of aromatic amines is 1. The maximum absolute atomic E-state index is 13.5. The summed E-state index contributed by atoms with van der Waals surface area (Å²) in [6.07, 6.45) is 3.55. The van der Waals surface area contributed by atoms with Gasteiger partial charge in [-0.05, 0) is 49.4 Å². The first-order valence-corrected chi connectivity index (χ1v) is 8.32. The summed E-state index contributed by atoms with van der Waals surface area (Å²) in [6, 6.07) is 3.84. The maximum atomic E-state index is 13.5. The number of H-pyrrole nitrogens is 1. The minimum atomic E-state index is -0.491. The fourth-order valence-corrected chi connectivity index (χ4v) is 3.33. The molecular weight excluding hydrogens is 323 g/mol. The molecule has 25 heavy (non-hydrogen) atoms. The number of carbonyl (C=O) groups is 2. The summed E-state index contributed by atoms with van der Waals surface area (Å²) in [5.74, 6) is -0.639. The van der Waals surface area contributed by atoms with E-state index in [9.17, 15) is 14.0 Å². The van der Waals surface area contributed by atoms with Crippen molar-refractivity contribution in [2.45, 2.75) is 32.6 Å². The van der Waals surface area contributed by atoms with Crippen LogP contribution < -0.4 is 5.32 Å². The fourth-order valence-electron chi connectivity index (χ4n) is 3.33. The molecule has 1 aliphatic rings. The molecule has 0 spiro atoms. The van der Waals surface area contributed by atoms with Crippen molar-refractivity contribution in [1.82, 2.24) is 15.1 Å². The van der Waals surface area contributed by atoms with Crippen LogP contribution in [0, 0.1) is 12.7 Å². The molecule has 2 amide bonds. The maximum Gasteiger partial charge on any atom is 0.255 e. The van der Waals surface area contributed by atoms with Crippen molar-refractivity contribution in [1.29, 1.82) is 0 Å². The lowest BCUT2D eigenvalue weighted by Crippen LogP contribution is -2.38. The highest BCUT2D eigenvalue weighted by molar-refractivity contribution is 6.03. The molecule has 0 unspecified atom stereocenters. The smallest absolute Gasteiger partial charge is 0.255 e. The number of halogens is 1. The number of amides is 2. The Morgan fingerprint density at radius 1 is 1.32 bits per heavy atom. The lowest BCUT2D eigenvalue weighted by Gasteiger charge is -2.32. The molecule has 1 aliphatic heterocycles. The van der Waals surface area contributed by atoms with Crippen molar-refractivity contribution in [3.63, 3.8) is 0 Å². The molecule has 1 saturated heterocycles. The molecule has 2 heterocycles. The quantitative estimate of drug-likeness (QED) is 0.899. The minimum absolute atomic E-state index is 0.189. The predicted octanol–water partition coefficient (Wildman–Crippen LogP) is 2.84. The van der Waals surface area contributed by atoms with Gasteiger partial charge in [0.1, 0.15) is 5.82 Å². The highest BCUT2D eigenvalue weighted by atomic mass is 19.1. The number of rotatable bonds is 3. The fraction of sp³-hybridized carbons (Fsp3) is 0.389. The molecule has 0 saturated carbocycles. The Bertz CT molecular complexity index is 794. The van der Waals surface area contributed by atoms with Gasteiger partial charge in [-0.15, -0.1) is 0 Å². The summed E-state index contributed by atoms with van der Waals surface area (Å²) in [5.41, 5.74) is 2.80. The van der Waals surface area contributed by atoms with Gasteiger partial charge >= 0.3 is 0 Å². The summed E-state index contributed by atoms with van der Waals surface area (Å²) in [7, 11) is 0. The Kier molecular flexibility index (Phi) is 4.83. The highest BCUT2D eigenvalue weighted by Gasteiger charge is 2.27. The van der Waals surface area contributed by atoms with Gasteiger partial charge in [-0.2, -0.15) is 5.10 Å². The number of likely N-dealkylation sites (tertiary alicyclic amines) is 1. The first-order valence-electron chi connectivity index (χ1n) is 8.32. The number of aromatic nitrogens is 2. The van der Waals surface area contributed by atoms with Crippen LogP contribution in [0.2, 0.25) is 0 Å². The van der Waals surface area contributed by atoms with E-state index in [1.54, 1.807) is 4.90 Å². The summed E-state index contributed by atoms with van der Waals surface area (Å²) >= 11 is 0. The number of hydrogen-bond donors (Lipinski definition) is 2. The Morgan fingerprint density at radius 2 is 2.04 bits per heavy atom. The van der Waals surface area contributed by atoms with Crippen molar-refractivity contribution < 1.29 is 14.0 Å². The number of anilines is 1. The molecule has 3 rings (SSSR count). The van der Waals surface area contributed by atoms with Crippen LogP contribution in [0.15, 0.2) is 24.4 Å². The molecule has 0 radical (unpaired) electrons. The number of benzene rings is 1. The van der Waals surface area contributed by atoms with E-state index in [-0.39, 0.29) is 17.5 Å². The van der Waals surface area contributed by atoms with Gasteiger partial charge < -0.3 is 10.2 Å². The zero-order valence-corrected chi connectivity index (χ0v) is 14.3. The van der Waals surface area contributed by atoms with E-state index >= 15 is 0 Å². The van der Waals surface area contributed by atoms with Crippen LogP contribution in [0.4, 0.5) is 10.1 Å². The molecule has 2 N–H and O–H groups in total. The number of aryl methyl sites for hydroxylation is 1. The van der Waals surface area contributed by atoms with E-state index in [1.807, 2.05) is 13.1 Å². The van der Waals surface area contributed by atoms with Crippen LogP contribution in [-0.4, -0.2) is 40.0 Å². The summed E-state index contributed by atoms with van der Waals surface area (Å²) in [5, 5.41) is 9.55. The van der Waals surface area contributed by atoms with Gasteiger partial charge in [0.2, 0.25) is 5.91 Å². The molecule has 0 bridgehead atoms. The molecular formula is C18H21FN4O2. The third kappa shape index (κ3) is 3.70. The molecule has 132 valence electrons. The van der Waals surface area contributed by atoms with Gasteiger partial charge in [0.15, 0.2) is 0 Å². The Labute approximate surface area is 145 Å². The third-order valence-electron chi connectivity index (χ3n) is 4.61. The van der Waals surface area contributed by atoms with Gasteiger partial charge in [-0.3, -0.25) is 14.7 Å². The van der Waals surface area contributed by atoms with Gasteiger partial charge in [0, 0.05) is 25.7 Å². The van der Waals surface area contributed by atoms with Gasteiger partial charge in [-0.1, -0.05) is 0 Å². The van der Waals surface area contributed by atoms with Crippen molar-refractivity contribution in [2.24, 2.45) is 0 Å². The predicted molar refractivity (Wildman–Crippen MR) is 91.9 cm³/mol. The van der Waals surface area contributed by atoms with Crippen LogP contribution >= 0.6 is 0 Å². The summed E-state index contributed by atoms with van der Waals surface area (Å²) in [6.45, 7) is 4.56.